The van der Waals surface area contributed by atoms with Crippen molar-refractivity contribution in [1.82, 2.24) is 0 Å². The van der Waals surface area contributed by atoms with Crippen LogP contribution in [0, 0.1) is 11.3 Å². The summed E-state index contributed by atoms with van der Waals surface area (Å²) in [6.45, 7) is 15.4. The van der Waals surface area contributed by atoms with Crippen molar-refractivity contribution in [3.05, 3.63) is 0 Å². The van der Waals surface area contributed by atoms with Crippen LogP contribution in [-0.2, 0) is 4.74 Å². The van der Waals surface area contributed by atoms with Crippen LogP contribution in [0.3, 0.4) is 0 Å². The molecule has 12 heavy (non-hydrogen) atoms. The molecule has 0 heterocycles. The van der Waals surface area contributed by atoms with Crippen LogP contribution in [0.25, 0.3) is 0 Å². The molecule has 0 aromatic carbocycles. The average Bonchev–Trinajstić information content (AvgIpc) is 1.82. The van der Waals surface area contributed by atoms with Gasteiger partial charge < -0.3 is 4.74 Å². The molecule has 74 valence electrons. The molecule has 0 saturated carbocycles. The van der Waals surface area contributed by atoms with E-state index in [9.17, 15) is 0 Å². The van der Waals surface area contributed by atoms with Crippen LogP contribution in [0.5, 0.6) is 0 Å². The van der Waals surface area contributed by atoms with Gasteiger partial charge in [-0.1, -0.05) is 27.7 Å². The molecular weight excluding hydrogens is 148 g/mol. The quantitative estimate of drug-likeness (QED) is 0.633. The summed E-state index contributed by atoms with van der Waals surface area (Å²) in [5.41, 5.74) is 0.342. The van der Waals surface area contributed by atoms with E-state index in [0.29, 0.717) is 23.5 Å². The predicted molar refractivity (Wildman–Crippen MR) is 54.3 cm³/mol. The van der Waals surface area contributed by atoms with Crippen molar-refractivity contribution in [3.8, 4) is 0 Å². The van der Waals surface area contributed by atoms with Crippen molar-refractivity contribution in [2.75, 3.05) is 0 Å². The first-order valence-corrected chi connectivity index (χ1v) is 4.90. The van der Waals surface area contributed by atoms with Gasteiger partial charge in [-0.2, -0.15) is 0 Å². The fourth-order valence-electron chi connectivity index (χ4n) is 1.25. The molecule has 2 atom stereocenters. The van der Waals surface area contributed by atoms with Gasteiger partial charge in [-0.3, -0.25) is 0 Å². The van der Waals surface area contributed by atoms with Crippen molar-refractivity contribution in [2.24, 2.45) is 11.3 Å². The lowest BCUT2D eigenvalue weighted by Crippen LogP contribution is -2.31. The molecular formula is C11H24O. The zero-order valence-electron chi connectivity index (χ0n) is 9.64. The summed E-state index contributed by atoms with van der Waals surface area (Å²) in [7, 11) is 0. The molecule has 0 saturated heterocycles. The molecule has 0 radical (unpaired) electrons. The van der Waals surface area contributed by atoms with Gasteiger partial charge in [0.15, 0.2) is 0 Å². The second-order valence-electron chi connectivity index (χ2n) is 5.04. The standard InChI is InChI=1S/C11H24O/c1-8(2)12-10(4)9(3)11(5,6)7/h8-10H,1-7H3/t9-,10+/m0/s1. The SMILES string of the molecule is CC(C)O[C@H](C)[C@H](C)C(C)(C)C. The van der Waals surface area contributed by atoms with E-state index < -0.39 is 0 Å². The largest absolute Gasteiger partial charge is 0.376 e. The Morgan fingerprint density at radius 2 is 1.33 bits per heavy atom. The minimum atomic E-state index is 0.338. The highest BCUT2D eigenvalue weighted by atomic mass is 16.5. The van der Waals surface area contributed by atoms with Crippen molar-refractivity contribution in [2.45, 2.75) is 60.7 Å². The van der Waals surface area contributed by atoms with Crippen molar-refractivity contribution in [3.63, 3.8) is 0 Å². The number of rotatable bonds is 3. The Kier molecular flexibility index (Phi) is 4.25. The van der Waals surface area contributed by atoms with Gasteiger partial charge in [0.2, 0.25) is 0 Å². The summed E-state index contributed by atoms with van der Waals surface area (Å²) in [6.07, 6.45) is 0.690. The summed E-state index contributed by atoms with van der Waals surface area (Å²) in [5.74, 6) is 0.597. The smallest absolute Gasteiger partial charge is 0.0580 e. The number of hydrogen-bond acceptors (Lipinski definition) is 1. The van der Waals surface area contributed by atoms with Gasteiger partial charge in [-0.05, 0) is 32.1 Å². The molecule has 0 N–H and O–H groups in total. The highest BCUT2D eigenvalue weighted by molar-refractivity contribution is 4.75. The van der Waals surface area contributed by atoms with Crippen LogP contribution >= 0.6 is 0 Å². The highest BCUT2D eigenvalue weighted by Crippen LogP contribution is 2.29. The lowest BCUT2D eigenvalue weighted by molar-refractivity contribution is -0.0383. The first-order valence-electron chi connectivity index (χ1n) is 4.90. The second kappa shape index (κ2) is 4.27. The van der Waals surface area contributed by atoms with Crippen molar-refractivity contribution >= 4 is 0 Å². The summed E-state index contributed by atoms with van der Waals surface area (Å²) in [4.78, 5) is 0. The summed E-state index contributed by atoms with van der Waals surface area (Å²) in [6, 6.07) is 0. The normalized spacial score (nSPS) is 18.0. The van der Waals surface area contributed by atoms with Crippen LogP contribution in [0.1, 0.15) is 48.5 Å². The Labute approximate surface area is 77.5 Å². The van der Waals surface area contributed by atoms with Gasteiger partial charge in [0.25, 0.3) is 0 Å². The minimum absolute atomic E-state index is 0.338. The third-order valence-electron chi connectivity index (χ3n) is 2.56. The molecule has 0 rings (SSSR count). The van der Waals surface area contributed by atoms with E-state index in [4.69, 9.17) is 4.74 Å². The minimum Gasteiger partial charge on any atom is -0.376 e. The summed E-state index contributed by atoms with van der Waals surface area (Å²) >= 11 is 0. The van der Waals surface area contributed by atoms with Crippen LogP contribution in [0.2, 0.25) is 0 Å². The van der Waals surface area contributed by atoms with E-state index in [1.54, 1.807) is 0 Å². The Hall–Kier alpha value is -0.0400. The van der Waals surface area contributed by atoms with Crippen LogP contribution in [-0.4, -0.2) is 12.2 Å². The molecule has 0 bridgehead atoms. The fourth-order valence-corrected chi connectivity index (χ4v) is 1.25. The Bertz CT molecular complexity index is 121. The third-order valence-corrected chi connectivity index (χ3v) is 2.56. The first kappa shape index (κ1) is 12.0. The van der Waals surface area contributed by atoms with Crippen LogP contribution in [0.4, 0.5) is 0 Å². The summed E-state index contributed by atoms with van der Waals surface area (Å²) < 4.78 is 5.74. The van der Waals surface area contributed by atoms with E-state index in [1.807, 2.05) is 0 Å². The van der Waals surface area contributed by atoms with Crippen LogP contribution < -0.4 is 0 Å². The van der Waals surface area contributed by atoms with Crippen molar-refractivity contribution in [1.29, 1.82) is 0 Å². The van der Waals surface area contributed by atoms with Gasteiger partial charge in [-0.15, -0.1) is 0 Å². The fraction of sp³-hybridized carbons (Fsp3) is 1.00. The lowest BCUT2D eigenvalue weighted by atomic mass is 9.79. The number of hydrogen-bond donors (Lipinski definition) is 0. The van der Waals surface area contributed by atoms with E-state index in [2.05, 4.69) is 48.5 Å². The van der Waals surface area contributed by atoms with Gasteiger partial charge in [-0.25, -0.2) is 0 Å². The molecule has 0 amide bonds. The second-order valence-corrected chi connectivity index (χ2v) is 5.04. The van der Waals surface area contributed by atoms with Gasteiger partial charge >= 0.3 is 0 Å². The molecule has 0 aliphatic heterocycles. The number of ether oxygens (including phenoxy) is 1. The Morgan fingerprint density at radius 1 is 0.917 bits per heavy atom. The predicted octanol–water partition coefficient (Wildman–Crippen LogP) is 3.48. The van der Waals surface area contributed by atoms with E-state index in [0.717, 1.165) is 0 Å². The van der Waals surface area contributed by atoms with E-state index >= 15 is 0 Å². The topological polar surface area (TPSA) is 9.23 Å². The highest BCUT2D eigenvalue weighted by Gasteiger charge is 2.26. The van der Waals surface area contributed by atoms with E-state index in [-0.39, 0.29) is 0 Å². The third kappa shape index (κ3) is 4.10. The maximum absolute atomic E-state index is 5.74. The molecule has 0 spiro atoms. The monoisotopic (exact) mass is 172 g/mol. The lowest BCUT2D eigenvalue weighted by Gasteiger charge is -2.33. The molecule has 0 aliphatic carbocycles. The molecule has 0 unspecified atom stereocenters. The zero-order valence-corrected chi connectivity index (χ0v) is 9.64. The molecule has 0 fully saturated rings. The maximum atomic E-state index is 5.74. The average molecular weight is 172 g/mol. The first-order chi connectivity index (χ1) is 5.25. The van der Waals surface area contributed by atoms with Crippen molar-refractivity contribution < 1.29 is 4.74 Å². The van der Waals surface area contributed by atoms with Gasteiger partial charge in [0, 0.05) is 0 Å². The molecule has 1 nitrogen and oxygen atoms in total. The molecule has 0 aromatic heterocycles. The maximum Gasteiger partial charge on any atom is 0.0580 e. The Balaban J connectivity index is 4.01. The zero-order chi connectivity index (χ0) is 9.94. The van der Waals surface area contributed by atoms with Gasteiger partial charge in [0.1, 0.15) is 0 Å². The molecule has 0 aliphatic rings. The van der Waals surface area contributed by atoms with E-state index in [1.165, 1.54) is 0 Å². The summed E-state index contributed by atoms with van der Waals surface area (Å²) in [5, 5.41) is 0. The Morgan fingerprint density at radius 3 is 1.58 bits per heavy atom. The molecule has 0 aromatic rings. The van der Waals surface area contributed by atoms with Crippen LogP contribution in [0.15, 0.2) is 0 Å². The molecule has 1 heteroatoms. The van der Waals surface area contributed by atoms with Gasteiger partial charge in [0.05, 0.1) is 12.2 Å².